The number of amides is 3. The Morgan fingerprint density at radius 1 is 1.17 bits per heavy atom. The molecule has 0 saturated carbocycles. The summed E-state index contributed by atoms with van der Waals surface area (Å²) in [5.41, 5.74) is 1.07. The summed E-state index contributed by atoms with van der Waals surface area (Å²) in [5, 5.41) is 2.64. The van der Waals surface area contributed by atoms with Crippen molar-refractivity contribution in [3.05, 3.63) is 58.0 Å². The third-order valence-corrected chi connectivity index (χ3v) is 3.78. The highest BCUT2D eigenvalue weighted by Crippen LogP contribution is 2.24. The van der Waals surface area contributed by atoms with Gasteiger partial charge in [0.15, 0.2) is 4.67 Å². The van der Waals surface area contributed by atoms with Gasteiger partial charge in [-0.3, -0.25) is 19.3 Å². The highest BCUT2D eigenvalue weighted by atomic mass is 79.9. The van der Waals surface area contributed by atoms with Gasteiger partial charge in [-0.2, -0.15) is 0 Å². The molecule has 1 aromatic heterocycles. The molecule has 116 valence electrons. The molecule has 1 aliphatic heterocycles. The zero-order valence-electron chi connectivity index (χ0n) is 12.0. The number of furan rings is 1. The first-order valence-electron chi connectivity index (χ1n) is 6.66. The summed E-state index contributed by atoms with van der Waals surface area (Å²) < 4.78 is 5.82. The van der Waals surface area contributed by atoms with Crippen molar-refractivity contribution in [3.8, 4) is 0 Å². The summed E-state index contributed by atoms with van der Waals surface area (Å²) in [5.74, 6) is -0.561. The monoisotopic (exact) mass is 374 g/mol. The highest BCUT2D eigenvalue weighted by molar-refractivity contribution is 9.10. The smallest absolute Gasteiger partial charge is 0.261 e. The number of carbonyl (C=O) groups excluding carboxylic acids is 3. The number of hydrogen-bond donors (Lipinski definition) is 1. The second-order valence-electron chi connectivity index (χ2n) is 4.89. The lowest BCUT2D eigenvalue weighted by Crippen LogP contribution is -2.24. The average molecular weight is 375 g/mol. The van der Waals surface area contributed by atoms with Crippen LogP contribution in [0.1, 0.15) is 26.5 Å². The van der Waals surface area contributed by atoms with E-state index in [1.54, 1.807) is 18.2 Å². The number of benzene rings is 1. The molecule has 2 heterocycles. The fourth-order valence-electron chi connectivity index (χ4n) is 2.20. The van der Waals surface area contributed by atoms with Crippen LogP contribution >= 0.6 is 15.9 Å². The van der Waals surface area contributed by atoms with Crippen LogP contribution in [0.25, 0.3) is 6.08 Å². The lowest BCUT2D eigenvalue weighted by Gasteiger charge is -2.03. The highest BCUT2D eigenvalue weighted by Gasteiger charge is 2.32. The molecule has 1 N–H and O–H groups in total. The van der Waals surface area contributed by atoms with Gasteiger partial charge >= 0.3 is 0 Å². The predicted octanol–water partition coefficient (Wildman–Crippen LogP) is 2.92. The van der Waals surface area contributed by atoms with E-state index in [1.807, 2.05) is 0 Å². The van der Waals surface area contributed by atoms with E-state index in [0.29, 0.717) is 21.7 Å². The van der Waals surface area contributed by atoms with Crippen LogP contribution in [-0.2, 0) is 4.79 Å². The molecule has 0 radical (unpaired) electrons. The summed E-state index contributed by atoms with van der Waals surface area (Å²) in [6.45, 7) is 0. The second kappa shape index (κ2) is 5.85. The maximum Gasteiger partial charge on any atom is 0.261 e. The van der Waals surface area contributed by atoms with Crippen LogP contribution in [0.2, 0.25) is 0 Å². The summed E-state index contributed by atoms with van der Waals surface area (Å²) in [4.78, 5) is 36.6. The Hall–Kier alpha value is -2.67. The SMILES string of the molecule is CN1C(=O)c2ccc(NC(=O)/C=C/c3ccc(Br)o3)cc2C1=O. The largest absolute Gasteiger partial charge is 0.450 e. The second-order valence-corrected chi connectivity index (χ2v) is 5.68. The maximum atomic E-state index is 11.9. The van der Waals surface area contributed by atoms with Crippen LogP contribution in [-0.4, -0.2) is 29.7 Å². The standard InChI is InChI=1S/C16H11BrN2O4/c1-19-15(21)11-5-2-9(8-12(11)16(19)22)18-14(20)7-4-10-3-6-13(17)23-10/h2-8H,1H3,(H,18,20)/b7-4+. The van der Waals surface area contributed by atoms with Gasteiger partial charge < -0.3 is 9.73 Å². The number of imide groups is 1. The molecular formula is C16H11BrN2O4. The van der Waals surface area contributed by atoms with E-state index in [2.05, 4.69) is 21.2 Å². The Morgan fingerprint density at radius 2 is 1.91 bits per heavy atom. The molecule has 23 heavy (non-hydrogen) atoms. The van der Waals surface area contributed by atoms with Gasteiger partial charge in [-0.25, -0.2) is 0 Å². The zero-order valence-corrected chi connectivity index (χ0v) is 13.6. The van der Waals surface area contributed by atoms with Crippen molar-refractivity contribution in [2.45, 2.75) is 0 Å². The van der Waals surface area contributed by atoms with Crippen LogP contribution < -0.4 is 5.32 Å². The van der Waals surface area contributed by atoms with Crippen LogP contribution in [0.5, 0.6) is 0 Å². The van der Waals surface area contributed by atoms with Crippen molar-refractivity contribution in [3.63, 3.8) is 0 Å². The molecule has 2 aromatic rings. The van der Waals surface area contributed by atoms with Crippen molar-refractivity contribution < 1.29 is 18.8 Å². The Kier molecular flexibility index (Phi) is 3.87. The van der Waals surface area contributed by atoms with Gasteiger partial charge in [0.2, 0.25) is 5.91 Å². The molecule has 3 rings (SSSR count). The van der Waals surface area contributed by atoms with E-state index in [4.69, 9.17) is 4.42 Å². The molecule has 7 heteroatoms. The fourth-order valence-corrected chi connectivity index (χ4v) is 2.52. The molecule has 0 bridgehead atoms. The third-order valence-electron chi connectivity index (χ3n) is 3.35. The van der Waals surface area contributed by atoms with E-state index in [-0.39, 0.29) is 23.3 Å². The Labute approximate surface area is 139 Å². The van der Waals surface area contributed by atoms with E-state index in [0.717, 1.165) is 4.90 Å². The fraction of sp³-hybridized carbons (Fsp3) is 0.0625. The number of nitrogens with zero attached hydrogens (tertiary/aromatic N) is 1. The van der Waals surface area contributed by atoms with Gasteiger partial charge in [-0.05, 0) is 52.3 Å². The molecular weight excluding hydrogens is 364 g/mol. The molecule has 0 aliphatic carbocycles. The predicted molar refractivity (Wildman–Crippen MR) is 86.9 cm³/mol. The van der Waals surface area contributed by atoms with Gasteiger partial charge in [0.25, 0.3) is 11.8 Å². The van der Waals surface area contributed by atoms with Crippen molar-refractivity contribution in [1.82, 2.24) is 4.90 Å². The van der Waals surface area contributed by atoms with Crippen LogP contribution in [0.15, 0.2) is 45.5 Å². The van der Waals surface area contributed by atoms with Gasteiger partial charge in [-0.15, -0.1) is 0 Å². The molecule has 1 aliphatic rings. The first kappa shape index (κ1) is 15.2. The molecule has 0 saturated heterocycles. The zero-order chi connectivity index (χ0) is 16.6. The quantitative estimate of drug-likeness (QED) is 0.661. The van der Waals surface area contributed by atoms with E-state index in [9.17, 15) is 14.4 Å². The summed E-state index contributed by atoms with van der Waals surface area (Å²) in [6, 6.07) is 8.04. The van der Waals surface area contributed by atoms with E-state index < -0.39 is 0 Å². The maximum absolute atomic E-state index is 11.9. The van der Waals surface area contributed by atoms with Crippen LogP contribution in [0, 0.1) is 0 Å². The van der Waals surface area contributed by atoms with Crippen molar-refractivity contribution in [2.75, 3.05) is 12.4 Å². The Bertz CT molecular complexity index is 854. The molecule has 0 fully saturated rings. The number of rotatable bonds is 3. The number of hydrogen-bond acceptors (Lipinski definition) is 4. The number of anilines is 1. The molecule has 0 atom stereocenters. The topological polar surface area (TPSA) is 79.6 Å². The Balaban J connectivity index is 1.74. The van der Waals surface area contributed by atoms with Gasteiger partial charge in [0, 0.05) is 18.8 Å². The summed E-state index contributed by atoms with van der Waals surface area (Å²) in [7, 11) is 1.42. The summed E-state index contributed by atoms with van der Waals surface area (Å²) >= 11 is 3.17. The van der Waals surface area contributed by atoms with E-state index >= 15 is 0 Å². The lowest BCUT2D eigenvalue weighted by molar-refractivity contribution is -0.111. The molecule has 0 unspecified atom stereocenters. The van der Waals surface area contributed by atoms with Gasteiger partial charge in [0.1, 0.15) is 5.76 Å². The minimum Gasteiger partial charge on any atom is -0.450 e. The van der Waals surface area contributed by atoms with Crippen molar-refractivity contribution in [2.24, 2.45) is 0 Å². The molecule has 3 amide bonds. The van der Waals surface area contributed by atoms with Gasteiger partial charge in [-0.1, -0.05) is 0 Å². The lowest BCUT2D eigenvalue weighted by atomic mass is 10.1. The number of fused-ring (bicyclic) bond motifs is 1. The molecule has 6 nitrogen and oxygen atoms in total. The van der Waals surface area contributed by atoms with E-state index in [1.165, 1.54) is 31.3 Å². The average Bonchev–Trinajstić information content (AvgIpc) is 3.04. The van der Waals surface area contributed by atoms with Crippen LogP contribution in [0.4, 0.5) is 5.69 Å². The number of nitrogens with one attached hydrogen (secondary N) is 1. The van der Waals surface area contributed by atoms with Crippen molar-refractivity contribution >= 4 is 45.4 Å². The van der Waals surface area contributed by atoms with Gasteiger partial charge in [0.05, 0.1) is 11.1 Å². The molecule has 0 spiro atoms. The minimum atomic E-state index is -0.378. The first-order chi connectivity index (χ1) is 11.0. The van der Waals surface area contributed by atoms with Crippen molar-refractivity contribution in [1.29, 1.82) is 0 Å². The van der Waals surface area contributed by atoms with Crippen LogP contribution in [0.3, 0.4) is 0 Å². The normalized spacial score (nSPS) is 13.7. The molecule has 1 aromatic carbocycles. The third kappa shape index (κ3) is 2.95. The minimum absolute atomic E-state index is 0.286. The number of carbonyl (C=O) groups is 3. The Morgan fingerprint density at radius 3 is 2.61 bits per heavy atom. The summed E-state index contributed by atoms with van der Waals surface area (Å²) in [6.07, 6.45) is 2.84. The number of halogens is 1. The first-order valence-corrected chi connectivity index (χ1v) is 7.46.